The van der Waals surface area contributed by atoms with Crippen LogP contribution in [0.1, 0.15) is 36.8 Å². The van der Waals surface area contributed by atoms with Gasteiger partial charge in [-0.2, -0.15) is 0 Å². The molecule has 1 aliphatic rings. The van der Waals surface area contributed by atoms with Crippen LogP contribution in [0.25, 0.3) is 0 Å². The van der Waals surface area contributed by atoms with E-state index in [0.717, 1.165) is 57.7 Å². The number of amides is 2. The van der Waals surface area contributed by atoms with Gasteiger partial charge in [0.15, 0.2) is 0 Å². The second-order valence-corrected chi connectivity index (χ2v) is 14.3. The van der Waals surface area contributed by atoms with Crippen LogP contribution in [0.2, 0.25) is 0 Å². The maximum absolute atomic E-state index is 14.6. The molecule has 246 valence electrons. The number of anilines is 1. The Balaban J connectivity index is 1.56. The fraction of sp³-hybridized carbons (Fsp3) is 0.278. The Labute approximate surface area is 283 Å². The van der Waals surface area contributed by atoms with Crippen molar-refractivity contribution in [3.05, 3.63) is 125 Å². The van der Waals surface area contributed by atoms with E-state index in [2.05, 4.69) is 21.2 Å². The molecule has 0 heterocycles. The van der Waals surface area contributed by atoms with Crippen LogP contribution < -0.4 is 14.4 Å². The standard InChI is InChI=1S/C36H37BrFN3O5S/c1-46-32-18-20-33(21-19-32)47(44,45)41(31-16-14-29(38)15-17-31)25-35(42)40(24-27-10-7-11-28(37)22-27)34(23-26-8-3-2-4-9-26)36(43)39-30-12-5-6-13-30/h2-4,7-11,14-22,30,34H,5-6,12-13,23-25H2,1H3,(H,39,43). The minimum atomic E-state index is -4.32. The number of methoxy groups -OCH3 is 1. The van der Waals surface area contributed by atoms with Gasteiger partial charge in [-0.15, -0.1) is 0 Å². The van der Waals surface area contributed by atoms with Crippen LogP contribution in [-0.4, -0.2) is 50.9 Å². The van der Waals surface area contributed by atoms with Gasteiger partial charge in [-0.1, -0.05) is 71.2 Å². The minimum Gasteiger partial charge on any atom is -0.497 e. The van der Waals surface area contributed by atoms with E-state index < -0.39 is 34.3 Å². The van der Waals surface area contributed by atoms with Gasteiger partial charge in [0, 0.05) is 23.5 Å². The van der Waals surface area contributed by atoms with Crippen molar-refractivity contribution in [2.75, 3.05) is 18.0 Å². The largest absolute Gasteiger partial charge is 0.497 e. The van der Waals surface area contributed by atoms with Crippen molar-refractivity contribution >= 4 is 43.5 Å². The maximum atomic E-state index is 14.6. The fourth-order valence-electron chi connectivity index (χ4n) is 5.76. The Kier molecular flexibility index (Phi) is 11.3. The molecular weight excluding hydrogens is 685 g/mol. The van der Waals surface area contributed by atoms with Crippen LogP contribution in [0.5, 0.6) is 5.75 Å². The number of sulfonamides is 1. The molecule has 0 aromatic heterocycles. The molecule has 1 unspecified atom stereocenters. The summed E-state index contributed by atoms with van der Waals surface area (Å²) in [5.41, 5.74) is 1.71. The van der Waals surface area contributed by atoms with Gasteiger partial charge >= 0.3 is 0 Å². The summed E-state index contributed by atoms with van der Waals surface area (Å²) in [4.78, 5) is 30.0. The molecule has 1 N–H and O–H groups in total. The number of carbonyl (C=O) groups excluding carboxylic acids is 2. The molecule has 1 atom stereocenters. The molecule has 1 saturated carbocycles. The molecule has 4 aromatic carbocycles. The number of nitrogens with zero attached hydrogens (tertiary/aromatic N) is 2. The third-order valence-electron chi connectivity index (χ3n) is 8.26. The van der Waals surface area contributed by atoms with Crippen molar-refractivity contribution in [3.63, 3.8) is 0 Å². The molecule has 1 fully saturated rings. The fourth-order valence-corrected chi connectivity index (χ4v) is 7.63. The summed E-state index contributed by atoms with van der Waals surface area (Å²) in [5, 5.41) is 3.16. The normalized spacial score (nSPS) is 13.9. The molecule has 5 rings (SSSR count). The van der Waals surface area contributed by atoms with Gasteiger partial charge in [0.05, 0.1) is 17.7 Å². The summed E-state index contributed by atoms with van der Waals surface area (Å²) < 4.78 is 49.2. The smallest absolute Gasteiger partial charge is 0.264 e. The van der Waals surface area contributed by atoms with E-state index in [0.29, 0.717) is 5.75 Å². The van der Waals surface area contributed by atoms with E-state index in [1.54, 1.807) is 0 Å². The highest BCUT2D eigenvalue weighted by Gasteiger charge is 2.35. The first-order chi connectivity index (χ1) is 22.6. The minimum absolute atomic E-state index is 0.00904. The number of benzene rings is 4. The lowest BCUT2D eigenvalue weighted by molar-refractivity contribution is -0.140. The number of hydrogen-bond acceptors (Lipinski definition) is 5. The lowest BCUT2D eigenvalue weighted by atomic mass is 10.0. The zero-order valence-corrected chi connectivity index (χ0v) is 28.4. The summed E-state index contributed by atoms with van der Waals surface area (Å²) >= 11 is 3.50. The summed E-state index contributed by atoms with van der Waals surface area (Å²) in [6, 6.07) is 26.6. The average Bonchev–Trinajstić information content (AvgIpc) is 3.59. The Bertz CT molecular complexity index is 1770. The van der Waals surface area contributed by atoms with Gasteiger partial charge < -0.3 is 15.0 Å². The van der Waals surface area contributed by atoms with Crippen LogP contribution in [0, 0.1) is 5.82 Å². The second kappa shape index (κ2) is 15.6. The van der Waals surface area contributed by atoms with Crippen molar-refractivity contribution in [3.8, 4) is 5.75 Å². The molecule has 0 spiro atoms. The lowest BCUT2D eigenvalue weighted by Gasteiger charge is -2.34. The summed E-state index contributed by atoms with van der Waals surface area (Å²) in [6.07, 6.45) is 3.99. The number of rotatable bonds is 13. The zero-order valence-electron chi connectivity index (χ0n) is 26.0. The van der Waals surface area contributed by atoms with E-state index in [4.69, 9.17) is 4.74 Å². The van der Waals surface area contributed by atoms with Gasteiger partial charge in [-0.05, 0) is 84.6 Å². The number of hydrogen-bond donors (Lipinski definition) is 1. The van der Waals surface area contributed by atoms with Gasteiger partial charge in [0.25, 0.3) is 10.0 Å². The Morgan fingerprint density at radius 3 is 2.21 bits per heavy atom. The van der Waals surface area contributed by atoms with Crippen molar-refractivity contribution in [2.45, 2.75) is 55.6 Å². The van der Waals surface area contributed by atoms with E-state index in [1.165, 1.54) is 48.4 Å². The molecule has 47 heavy (non-hydrogen) atoms. The molecule has 8 nitrogen and oxygen atoms in total. The van der Waals surface area contributed by atoms with Crippen LogP contribution in [0.15, 0.2) is 112 Å². The molecule has 4 aromatic rings. The van der Waals surface area contributed by atoms with Crippen LogP contribution >= 0.6 is 15.9 Å². The second-order valence-electron chi connectivity index (χ2n) is 11.5. The van der Waals surface area contributed by atoms with Crippen LogP contribution in [0.3, 0.4) is 0 Å². The zero-order chi connectivity index (χ0) is 33.4. The highest BCUT2D eigenvalue weighted by atomic mass is 79.9. The molecule has 0 saturated heterocycles. The van der Waals surface area contributed by atoms with Gasteiger partial charge in [0.1, 0.15) is 24.2 Å². The van der Waals surface area contributed by atoms with Crippen molar-refractivity contribution < 1.29 is 27.1 Å². The maximum Gasteiger partial charge on any atom is 0.264 e. The molecule has 0 radical (unpaired) electrons. The SMILES string of the molecule is COc1ccc(S(=O)(=O)N(CC(=O)N(Cc2cccc(Br)c2)C(Cc2ccccc2)C(=O)NC2CCCC2)c2ccc(F)cc2)cc1. The van der Waals surface area contributed by atoms with E-state index in [-0.39, 0.29) is 35.5 Å². The summed E-state index contributed by atoms with van der Waals surface area (Å²) in [5.74, 6) is -0.973. The Hall–Kier alpha value is -4.22. The van der Waals surface area contributed by atoms with E-state index >= 15 is 0 Å². The molecule has 11 heteroatoms. The topological polar surface area (TPSA) is 96.0 Å². The van der Waals surface area contributed by atoms with Gasteiger partial charge in [-0.25, -0.2) is 12.8 Å². The number of halogens is 2. The van der Waals surface area contributed by atoms with Crippen molar-refractivity contribution in [1.29, 1.82) is 0 Å². The van der Waals surface area contributed by atoms with Gasteiger partial charge in [0.2, 0.25) is 11.8 Å². The van der Waals surface area contributed by atoms with Crippen molar-refractivity contribution in [1.82, 2.24) is 10.2 Å². The molecule has 0 aliphatic heterocycles. The Morgan fingerprint density at radius 1 is 0.915 bits per heavy atom. The average molecular weight is 723 g/mol. The number of nitrogens with one attached hydrogen (secondary N) is 1. The summed E-state index contributed by atoms with van der Waals surface area (Å²) in [7, 11) is -2.85. The number of ether oxygens (including phenoxy) is 1. The van der Waals surface area contributed by atoms with Crippen LogP contribution in [-0.2, 0) is 32.6 Å². The van der Waals surface area contributed by atoms with Gasteiger partial charge in [-0.3, -0.25) is 13.9 Å². The first-order valence-corrected chi connectivity index (χ1v) is 17.7. The monoisotopic (exact) mass is 721 g/mol. The summed E-state index contributed by atoms with van der Waals surface area (Å²) in [6.45, 7) is -0.580. The third-order valence-corrected chi connectivity index (χ3v) is 10.5. The van der Waals surface area contributed by atoms with E-state index in [9.17, 15) is 22.4 Å². The highest BCUT2D eigenvalue weighted by Crippen LogP contribution is 2.27. The molecule has 0 bridgehead atoms. The predicted molar refractivity (Wildman–Crippen MR) is 183 cm³/mol. The van der Waals surface area contributed by atoms with Crippen LogP contribution in [0.4, 0.5) is 10.1 Å². The molecule has 2 amide bonds. The quantitative estimate of drug-likeness (QED) is 0.170. The molecule has 1 aliphatic carbocycles. The molecular formula is C36H37BrFN3O5S. The van der Waals surface area contributed by atoms with Crippen molar-refractivity contribution in [2.24, 2.45) is 0 Å². The first kappa shape index (κ1) is 34.1. The lowest BCUT2D eigenvalue weighted by Crippen LogP contribution is -2.54. The Morgan fingerprint density at radius 2 is 1.57 bits per heavy atom. The van der Waals surface area contributed by atoms with E-state index in [1.807, 2.05) is 54.6 Å². The third kappa shape index (κ3) is 8.78. The predicted octanol–water partition coefficient (Wildman–Crippen LogP) is 6.49. The first-order valence-electron chi connectivity index (χ1n) is 15.4. The number of carbonyl (C=O) groups is 2. The highest BCUT2D eigenvalue weighted by molar-refractivity contribution is 9.10.